The maximum absolute atomic E-state index is 13.3. The Bertz CT molecular complexity index is 619. The molecule has 0 spiro atoms. The lowest BCUT2D eigenvalue weighted by molar-refractivity contribution is -0.142. The maximum Gasteiger partial charge on any atom is 0.315 e. The number of aromatic nitrogens is 1. The van der Waals surface area contributed by atoms with Gasteiger partial charge in [0.1, 0.15) is 16.2 Å². The van der Waals surface area contributed by atoms with E-state index in [-0.39, 0.29) is 5.02 Å². The Morgan fingerprint density at radius 1 is 1.42 bits per heavy atom. The van der Waals surface area contributed by atoms with Crippen molar-refractivity contribution in [3.63, 3.8) is 0 Å². The molecule has 0 aliphatic heterocycles. The van der Waals surface area contributed by atoms with Crippen LogP contribution in [0.2, 0.25) is 5.02 Å². The summed E-state index contributed by atoms with van der Waals surface area (Å²) >= 11 is 7.05. The lowest BCUT2D eigenvalue weighted by atomic mass is 9.90. The fourth-order valence-corrected chi connectivity index (χ4v) is 2.68. The minimum atomic E-state index is -1.08. The Labute approximate surface area is 118 Å². The molecule has 1 aromatic carbocycles. The molecule has 0 radical (unpaired) electrons. The molecule has 1 aromatic heterocycles. The van der Waals surface area contributed by atoms with Crippen molar-refractivity contribution in [2.75, 3.05) is 0 Å². The van der Waals surface area contributed by atoms with Crippen molar-refractivity contribution < 1.29 is 14.3 Å². The Kier molecular flexibility index (Phi) is 3.60. The van der Waals surface area contributed by atoms with Crippen LogP contribution in [-0.4, -0.2) is 16.1 Å². The number of nitrogens with zero attached hydrogens (tertiary/aromatic N) is 1. The van der Waals surface area contributed by atoms with E-state index >= 15 is 0 Å². The van der Waals surface area contributed by atoms with E-state index in [0.29, 0.717) is 16.3 Å². The van der Waals surface area contributed by atoms with Crippen molar-refractivity contribution in [3.8, 4) is 10.6 Å². The molecule has 0 saturated carbocycles. The molecule has 2 rings (SSSR count). The molecule has 0 saturated heterocycles. The summed E-state index contributed by atoms with van der Waals surface area (Å²) in [6, 6.07) is 4.13. The Balaban J connectivity index is 2.44. The van der Waals surface area contributed by atoms with Gasteiger partial charge >= 0.3 is 5.97 Å². The predicted octanol–water partition coefficient (Wildman–Crippen LogP) is 3.96. The van der Waals surface area contributed by atoms with Crippen LogP contribution in [0.4, 0.5) is 4.39 Å². The van der Waals surface area contributed by atoms with Crippen LogP contribution in [0.3, 0.4) is 0 Å². The number of benzene rings is 1. The Morgan fingerprint density at radius 2 is 2.11 bits per heavy atom. The van der Waals surface area contributed by atoms with Gasteiger partial charge in [0.15, 0.2) is 0 Å². The van der Waals surface area contributed by atoms with Gasteiger partial charge in [-0.1, -0.05) is 11.6 Å². The first kappa shape index (κ1) is 14.0. The molecule has 0 aliphatic carbocycles. The summed E-state index contributed by atoms with van der Waals surface area (Å²) in [5.74, 6) is -1.40. The molecular formula is C13H11ClFNO2S. The highest BCUT2D eigenvalue weighted by Gasteiger charge is 2.32. The second-order valence-electron chi connectivity index (χ2n) is 4.63. The average molecular weight is 300 g/mol. The van der Waals surface area contributed by atoms with E-state index in [0.717, 1.165) is 0 Å². The number of carbonyl (C=O) groups is 1. The fourth-order valence-electron chi connectivity index (χ4n) is 1.48. The van der Waals surface area contributed by atoms with Crippen LogP contribution >= 0.6 is 22.9 Å². The van der Waals surface area contributed by atoms with Gasteiger partial charge in [-0.2, -0.15) is 0 Å². The fraction of sp³-hybridized carbons (Fsp3) is 0.231. The summed E-state index contributed by atoms with van der Waals surface area (Å²) in [5, 5.41) is 11.6. The Morgan fingerprint density at radius 3 is 2.68 bits per heavy atom. The molecule has 0 fully saturated rings. The third-order valence-corrected chi connectivity index (χ3v) is 3.90. The molecule has 1 N–H and O–H groups in total. The number of hydrogen-bond donors (Lipinski definition) is 1. The third-order valence-electron chi connectivity index (χ3n) is 2.79. The molecule has 6 heteroatoms. The molecular weight excluding hydrogens is 289 g/mol. The van der Waals surface area contributed by atoms with E-state index in [1.54, 1.807) is 25.3 Å². The molecule has 2 aromatic rings. The van der Waals surface area contributed by atoms with E-state index in [1.807, 2.05) is 0 Å². The number of halogens is 2. The minimum absolute atomic E-state index is 0.282. The average Bonchev–Trinajstić information content (AvgIpc) is 2.76. The Hall–Kier alpha value is -1.46. The van der Waals surface area contributed by atoms with Gasteiger partial charge in [-0.25, -0.2) is 9.37 Å². The van der Waals surface area contributed by atoms with E-state index in [2.05, 4.69) is 4.98 Å². The molecule has 3 nitrogen and oxygen atoms in total. The highest BCUT2D eigenvalue weighted by Crippen LogP contribution is 2.31. The molecule has 0 unspecified atom stereocenters. The number of aliphatic carboxylic acids is 1. The summed E-state index contributed by atoms with van der Waals surface area (Å²) in [4.78, 5) is 15.4. The van der Waals surface area contributed by atoms with Crippen LogP contribution in [0, 0.1) is 5.82 Å². The number of rotatable bonds is 3. The highest BCUT2D eigenvalue weighted by atomic mass is 35.5. The lowest BCUT2D eigenvalue weighted by Gasteiger charge is -2.15. The van der Waals surface area contributed by atoms with Gasteiger partial charge in [0.25, 0.3) is 0 Å². The summed E-state index contributed by atoms with van der Waals surface area (Å²) < 4.78 is 13.3. The summed E-state index contributed by atoms with van der Waals surface area (Å²) in [6.45, 7) is 3.15. The van der Waals surface area contributed by atoms with Crippen LogP contribution in [0.15, 0.2) is 23.6 Å². The quantitative estimate of drug-likeness (QED) is 0.933. The molecule has 1 heterocycles. The molecule has 0 bridgehead atoms. The first-order valence-corrected chi connectivity index (χ1v) is 6.72. The summed E-state index contributed by atoms with van der Waals surface area (Å²) in [6.07, 6.45) is 0. The van der Waals surface area contributed by atoms with Crippen molar-refractivity contribution in [1.82, 2.24) is 4.98 Å². The molecule has 0 amide bonds. The van der Waals surface area contributed by atoms with E-state index < -0.39 is 17.2 Å². The van der Waals surface area contributed by atoms with Crippen molar-refractivity contribution >= 4 is 28.9 Å². The number of carboxylic acids is 1. The van der Waals surface area contributed by atoms with Crippen LogP contribution < -0.4 is 0 Å². The van der Waals surface area contributed by atoms with Gasteiger partial charge in [-0.3, -0.25) is 4.79 Å². The van der Waals surface area contributed by atoms with E-state index in [4.69, 9.17) is 16.7 Å². The largest absolute Gasteiger partial charge is 0.481 e. The highest BCUT2D eigenvalue weighted by molar-refractivity contribution is 7.13. The van der Waals surface area contributed by atoms with Gasteiger partial charge < -0.3 is 5.11 Å². The lowest BCUT2D eigenvalue weighted by Crippen LogP contribution is -2.28. The van der Waals surface area contributed by atoms with Gasteiger partial charge in [0.05, 0.1) is 5.69 Å². The zero-order valence-corrected chi connectivity index (χ0v) is 11.8. The first-order valence-electron chi connectivity index (χ1n) is 5.46. The second-order valence-corrected chi connectivity index (χ2v) is 5.92. The van der Waals surface area contributed by atoms with E-state index in [9.17, 15) is 9.18 Å². The zero-order valence-electron chi connectivity index (χ0n) is 10.3. The van der Waals surface area contributed by atoms with Crippen LogP contribution in [-0.2, 0) is 10.2 Å². The topological polar surface area (TPSA) is 50.2 Å². The predicted molar refractivity (Wildman–Crippen MR) is 73.2 cm³/mol. The zero-order chi connectivity index (χ0) is 14.2. The monoisotopic (exact) mass is 299 g/mol. The normalized spacial score (nSPS) is 11.6. The van der Waals surface area contributed by atoms with Crippen molar-refractivity contribution in [2.45, 2.75) is 19.3 Å². The number of thiazole rings is 1. The standard InChI is InChI=1S/C13H11ClFNO2S/c1-13(2,12(17)18)10-6-19-11(16-10)7-3-8(14)5-9(15)4-7/h3-6H,1-2H3,(H,17,18). The smallest absolute Gasteiger partial charge is 0.315 e. The number of hydrogen-bond acceptors (Lipinski definition) is 3. The maximum atomic E-state index is 13.3. The number of carboxylic acid groups (broad SMARTS) is 1. The van der Waals surface area contributed by atoms with Gasteiger partial charge in [-0.15, -0.1) is 11.3 Å². The SMILES string of the molecule is CC(C)(C(=O)O)c1csc(-c2cc(F)cc(Cl)c2)n1. The van der Waals surface area contributed by atoms with Crippen molar-refractivity contribution in [3.05, 3.63) is 40.1 Å². The second kappa shape index (κ2) is 4.90. The van der Waals surface area contributed by atoms with E-state index in [1.165, 1.54) is 23.5 Å². The molecule has 19 heavy (non-hydrogen) atoms. The molecule has 0 aliphatic rings. The van der Waals surface area contributed by atoms with Crippen LogP contribution in [0.5, 0.6) is 0 Å². The minimum Gasteiger partial charge on any atom is -0.481 e. The van der Waals surface area contributed by atoms with Crippen molar-refractivity contribution in [1.29, 1.82) is 0 Å². The van der Waals surface area contributed by atoms with Crippen LogP contribution in [0.25, 0.3) is 10.6 Å². The van der Waals surface area contributed by atoms with Gasteiger partial charge in [-0.05, 0) is 32.0 Å². The van der Waals surface area contributed by atoms with Crippen molar-refractivity contribution in [2.24, 2.45) is 0 Å². The molecule has 0 atom stereocenters. The third kappa shape index (κ3) is 2.77. The molecule has 100 valence electrons. The first-order chi connectivity index (χ1) is 8.80. The summed E-state index contributed by atoms with van der Waals surface area (Å²) in [7, 11) is 0. The van der Waals surface area contributed by atoms with Crippen LogP contribution in [0.1, 0.15) is 19.5 Å². The van der Waals surface area contributed by atoms with Gasteiger partial charge in [0.2, 0.25) is 0 Å². The van der Waals surface area contributed by atoms with Gasteiger partial charge in [0, 0.05) is 16.0 Å². The summed E-state index contributed by atoms with van der Waals surface area (Å²) in [5.41, 5.74) is -0.0888.